The predicted molar refractivity (Wildman–Crippen MR) is 73.9 cm³/mol. The van der Waals surface area contributed by atoms with Crippen LogP contribution in [0, 0.1) is 5.82 Å². The predicted octanol–water partition coefficient (Wildman–Crippen LogP) is 1.29. The molecular formula is C13H21FN4O. The minimum Gasteiger partial charge on any atom is -0.368 e. The zero-order valence-corrected chi connectivity index (χ0v) is 11.9. The van der Waals surface area contributed by atoms with Gasteiger partial charge in [-0.15, -0.1) is 0 Å². The Morgan fingerprint density at radius 1 is 1.37 bits per heavy atom. The van der Waals surface area contributed by atoms with Crippen molar-refractivity contribution in [2.45, 2.75) is 6.92 Å². The molecule has 0 aliphatic rings. The summed E-state index contributed by atoms with van der Waals surface area (Å²) >= 11 is 0. The third-order valence-electron chi connectivity index (χ3n) is 2.69. The number of anilines is 1. The van der Waals surface area contributed by atoms with Gasteiger partial charge in [0.2, 0.25) is 0 Å². The molecule has 1 rings (SSSR count). The van der Waals surface area contributed by atoms with Gasteiger partial charge in [-0.1, -0.05) is 0 Å². The van der Waals surface area contributed by atoms with Crippen LogP contribution >= 0.6 is 0 Å². The SMILES string of the molecule is CCNc1nccc(C(=O)N(C)CCN(C)C)c1F. The fourth-order valence-corrected chi connectivity index (χ4v) is 1.56. The standard InChI is InChI=1S/C13H21FN4O/c1-5-15-12-11(14)10(6-7-16-12)13(19)18(4)9-8-17(2)3/h6-7H,5,8-9H2,1-4H3,(H,15,16). The van der Waals surface area contributed by atoms with E-state index >= 15 is 0 Å². The van der Waals surface area contributed by atoms with Crippen LogP contribution in [-0.4, -0.2) is 61.5 Å². The van der Waals surface area contributed by atoms with Crippen LogP contribution in [0.2, 0.25) is 0 Å². The summed E-state index contributed by atoms with van der Waals surface area (Å²) in [6.45, 7) is 3.68. The van der Waals surface area contributed by atoms with Crippen LogP contribution in [0.4, 0.5) is 10.2 Å². The molecule has 0 spiro atoms. The highest BCUT2D eigenvalue weighted by Gasteiger charge is 2.19. The highest BCUT2D eigenvalue weighted by molar-refractivity contribution is 5.95. The Morgan fingerprint density at radius 2 is 2.05 bits per heavy atom. The van der Waals surface area contributed by atoms with Crippen molar-refractivity contribution >= 4 is 11.7 Å². The monoisotopic (exact) mass is 268 g/mol. The molecule has 0 radical (unpaired) electrons. The zero-order chi connectivity index (χ0) is 14.4. The first-order chi connectivity index (χ1) is 8.97. The largest absolute Gasteiger partial charge is 0.368 e. The smallest absolute Gasteiger partial charge is 0.256 e. The molecule has 0 atom stereocenters. The Kier molecular flexibility index (Phi) is 5.69. The lowest BCUT2D eigenvalue weighted by atomic mass is 10.2. The highest BCUT2D eigenvalue weighted by Crippen LogP contribution is 2.16. The van der Waals surface area contributed by atoms with E-state index in [0.29, 0.717) is 13.1 Å². The highest BCUT2D eigenvalue weighted by atomic mass is 19.1. The van der Waals surface area contributed by atoms with E-state index in [1.165, 1.54) is 17.2 Å². The third kappa shape index (κ3) is 4.17. The number of halogens is 1. The van der Waals surface area contributed by atoms with Gasteiger partial charge in [-0.2, -0.15) is 0 Å². The maximum absolute atomic E-state index is 14.1. The fraction of sp³-hybridized carbons (Fsp3) is 0.538. The van der Waals surface area contributed by atoms with Gasteiger partial charge in [0.15, 0.2) is 11.6 Å². The molecule has 0 unspecified atom stereocenters. The second-order valence-corrected chi connectivity index (χ2v) is 4.58. The number of carbonyl (C=O) groups is 1. The molecule has 0 saturated carbocycles. The third-order valence-corrected chi connectivity index (χ3v) is 2.69. The van der Waals surface area contributed by atoms with Gasteiger partial charge in [0.1, 0.15) is 0 Å². The minimum absolute atomic E-state index is 0.0483. The molecule has 0 aliphatic heterocycles. The Balaban J connectivity index is 2.84. The van der Waals surface area contributed by atoms with Gasteiger partial charge in [-0.3, -0.25) is 4.79 Å². The van der Waals surface area contributed by atoms with Gasteiger partial charge in [-0.05, 0) is 27.1 Å². The number of hydrogen-bond donors (Lipinski definition) is 1. The van der Waals surface area contributed by atoms with E-state index in [-0.39, 0.29) is 17.3 Å². The minimum atomic E-state index is -0.592. The van der Waals surface area contributed by atoms with E-state index in [4.69, 9.17) is 0 Å². The second-order valence-electron chi connectivity index (χ2n) is 4.58. The zero-order valence-electron chi connectivity index (χ0n) is 11.9. The molecule has 19 heavy (non-hydrogen) atoms. The van der Waals surface area contributed by atoms with E-state index in [0.717, 1.165) is 6.54 Å². The van der Waals surface area contributed by atoms with Crippen molar-refractivity contribution in [3.8, 4) is 0 Å². The average molecular weight is 268 g/mol. The van der Waals surface area contributed by atoms with Gasteiger partial charge >= 0.3 is 0 Å². The number of nitrogens with one attached hydrogen (secondary N) is 1. The first-order valence-corrected chi connectivity index (χ1v) is 6.26. The summed E-state index contributed by atoms with van der Waals surface area (Å²) in [6.07, 6.45) is 1.44. The van der Waals surface area contributed by atoms with Gasteiger partial charge in [0.05, 0.1) is 5.56 Å². The van der Waals surface area contributed by atoms with Crippen molar-refractivity contribution in [2.24, 2.45) is 0 Å². The van der Waals surface area contributed by atoms with Crippen LogP contribution < -0.4 is 5.32 Å². The van der Waals surface area contributed by atoms with E-state index < -0.39 is 5.82 Å². The van der Waals surface area contributed by atoms with Gasteiger partial charge in [0, 0.05) is 32.9 Å². The van der Waals surface area contributed by atoms with Crippen LogP contribution in [0.5, 0.6) is 0 Å². The maximum Gasteiger partial charge on any atom is 0.256 e. The van der Waals surface area contributed by atoms with Crippen LogP contribution in [0.1, 0.15) is 17.3 Å². The van der Waals surface area contributed by atoms with Gasteiger partial charge in [0.25, 0.3) is 5.91 Å². The van der Waals surface area contributed by atoms with Crippen molar-refractivity contribution in [2.75, 3.05) is 46.1 Å². The summed E-state index contributed by atoms with van der Waals surface area (Å²) < 4.78 is 14.1. The normalized spacial score (nSPS) is 10.6. The molecule has 0 bridgehead atoms. The first-order valence-electron chi connectivity index (χ1n) is 6.26. The van der Waals surface area contributed by atoms with Crippen molar-refractivity contribution in [1.82, 2.24) is 14.8 Å². The van der Waals surface area contributed by atoms with E-state index in [1.54, 1.807) is 7.05 Å². The molecule has 1 aromatic rings. The molecule has 5 nitrogen and oxygen atoms in total. The summed E-state index contributed by atoms with van der Waals surface area (Å²) in [6, 6.07) is 1.41. The average Bonchev–Trinajstić information content (AvgIpc) is 2.38. The van der Waals surface area contributed by atoms with Crippen LogP contribution in [-0.2, 0) is 0 Å². The lowest BCUT2D eigenvalue weighted by molar-refractivity contribution is 0.0781. The molecule has 1 N–H and O–H groups in total. The van der Waals surface area contributed by atoms with Crippen molar-refractivity contribution in [1.29, 1.82) is 0 Å². The molecule has 0 saturated heterocycles. The summed E-state index contributed by atoms with van der Waals surface area (Å²) in [4.78, 5) is 19.5. The Bertz CT molecular complexity index is 437. The number of amides is 1. The van der Waals surface area contributed by atoms with E-state index in [1.807, 2.05) is 25.9 Å². The van der Waals surface area contributed by atoms with Gasteiger partial charge in [-0.25, -0.2) is 9.37 Å². The number of likely N-dealkylation sites (N-methyl/N-ethyl adjacent to an activating group) is 2. The van der Waals surface area contributed by atoms with Crippen molar-refractivity contribution < 1.29 is 9.18 Å². The fourth-order valence-electron chi connectivity index (χ4n) is 1.56. The summed E-state index contributed by atoms with van der Waals surface area (Å²) in [5.74, 6) is -0.804. The van der Waals surface area contributed by atoms with Gasteiger partial charge < -0.3 is 15.1 Å². The first kappa shape index (κ1) is 15.4. The molecule has 0 aliphatic carbocycles. The quantitative estimate of drug-likeness (QED) is 0.844. The lowest BCUT2D eigenvalue weighted by Gasteiger charge is -2.20. The number of pyridine rings is 1. The number of nitrogens with zero attached hydrogens (tertiary/aromatic N) is 3. The molecule has 6 heteroatoms. The Morgan fingerprint density at radius 3 is 2.63 bits per heavy atom. The molecule has 106 valence electrons. The topological polar surface area (TPSA) is 48.5 Å². The molecule has 0 fully saturated rings. The number of rotatable bonds is 6. The molecule has 1 heterocycles. The van der Waals surface area contributed by atoms with Crippen LogP contribution in [0.25, 0.3) is 0 Å². The van der Waals surface area contributed by atoms with Crippen molar-refractivity contribution in [3.05, 3.63) is 23.6 Å². The van der Waals surface area contributed by atoms with E-state index in [9.17, 15) is 9.18 Å². The number of hydrogen-bond acceptors (Lipinski definition) is 4. The van der Waals surface area contributed by atoms with Crippen molar-refractivity contribution in [3.63, 3.8) is 0 Å². The summed E-state index contributed by atoms with van der Waals surface area (Å²) in [5, 5.41) is 2.80. The maximum atomic E-state index is 14.1. The van der Waals surface area contributed by atoms with Crippen LogP contribution in [0.15, 0.2) is 12.3 Å². The van der Waals surface area contributed by atoms with E-state index in [2.05, 4.69) is 10.3 Å². The Labute approximate surface area is 113 Å². The summed E-state index contributed by atoms with van der Waals surface area (Å²) in [7, 11) is 5.52. The number of aromatic nitrogens is 1. The lowest BCUT2D eigenvalue weighted by Crippen LogP contribution is -2.34. The Hall–Kier alpha value is -1.69. The summed E-state index contributed by atoms with van der Waals surface area (Å²) in [5.41, 5.74) is 0.0483. The molecule has 1 amide bonds. The van der Waals surface area contributed by atoms with Crippen LogP contribution in [0.3, 0.4) is 0 Å². The molecule has 0 aromatic carbocycles. The molecule has 1 aromatic heterocycles. The second kappa shape index (κ2) is 7.04. The number of carbonyl (C=O) groups excluding carboxylic acids is 1. The molecular weight excluding hydrogens is 247 g/mol.